The Labute approximate surface area is 148 Å². The van der Waals surface area contributed by atoms with Crippen molar-refractivity contribution in [2.75, 3.05) is 37.6 Å². The highest BCUT2D eigenvalue weighted by Gasteiger charge is 2.41. The molecule has 0 saturated carbocycles. The average Bonchev–Trinajstić information content (AvgIpc) is 3.19. The number of halogens is 1. The first-order chi connectivity index (χ1) is 11.0. The van der Waals surface area contributed by atoms with Crippen molar-refractivity contribution in [3.05, 3.63) is 23.8 Å². The number of carbonyl (C=O) groups is 1. The van der Waals surface area contributed by atoms with Crippen LogP contribution in [0.25, 0.3) is 0 Å². The SMILES string of the molecule is CC(=O)N1CCc2cc(S(=O)(=O)N3C[C@H]4CNC[C@H]4C3)ccc21.Cl. The van der Waals surface area contributed by atoms with Crippen molar-refractivity contribution in [1.29, 1.82) is 0 Å². The summed E-state index contributed by atoms with van der Waals surface area (Å²) in [6.07, 6.45) is 0.716. The zero-order chi connectivity index (χ0) is 16.2. The maximum Gasteiger partial charge on any atom is 0.243 e. The van der Waals surface area contributed by atoms with Crippen LogP contribution in [0.4, 0.5) is 5.69 Å². The van der Waals surface area contributed by atoms with E-state index in [2.05, 4.69) is 5.32 Å². The maximum atomic E-state index is 12.9. The van der Waals surface area contributed by atoms with E-state index >= 15 is 0 Å². The second-order valence-corrected chi connectivity index (χ2v) is 8.65. The van der Waals surface area contributed by atoms with Crippen LogP contribution >= 0.6 is 12.4 Å². The molecule has 1 aromatic rings. The molecule has 0 bridgehead atoms. The number of nitrogens with zero attached hydrogens (tertiary/aromatic N) is 2. The molecule has 0 aliphatic carbocycles. The van der Waals surface area contributed by atoms with E-state index in [1.165, 1.54) is 6.92 Å². The van der Waals surface area contributed by atoms with E-state index in [0.717, 1.165) is 24.3 Å². The third-order valence-electron chi connectivity index (χ3n) is 5.32. The summed E-state index contributed by atoms with van der Waals surface area (Å²) >= 11 is 0. The van der Waals surface area contributed by atoms with Crippen molar-refractivity contribution in [2.24, 2.45) is 11.8 Å². The minimum atomic E-state index is -3.44. The van der Waals surface area contributed by atoms with Crippen LogP contribution in [-0.4, -0.2) is 51.4 Å². The van der Waals surface area contributed by atoms with Gasteiger partial charge in [0, 0.05) is 32.2 Å². The lowest BCUT2D eigenvalue weighted by Crippen LogP contribution is -2.32. The van der Waals surface area contributed by atoms with Gasteiger partial charge in [-0.15, -0.1) is 12.4 Å². The number of benzene rings is 1. The number of anilines is 1. The van der Waals surface area contributed by atoms with Crippen LogP contribution in [0.15, 0.2) is 23.1 Å². The number of hydrogen-bond acceptors (Lipinski definition) is 4. The van der Waals surface area contributed by atoms with E-state index in [0.29, 0.717) is 42.8 Å². The molecule has 4 rings (SSSR count). The molecule has 0 spiro atoms. The fourth-order valence-corrected chi connectivity index (χ4v) is 5.63. The van der Waals surface area contributed by atoms with E-state index < -0.39 is 10.0 Å². The van der Waals surface area contributed by atoms with Crippen LogP contribution in [0.2, 0.25) is 0 Å². The predicted molar refractivity (Wildman–Crippen MR) is 94.0 cm³/mol. The van der Waals surface area contributed by atoms with Gasteiger partial charge in [0.05, 0.1) is 4.90 Å². The molecule has 8 heteroatoms. The highest BCUT2D eigenvalue weighted by atomic mass is 35.5. The number of hydrogen-bond donors (Lipinski definition) is 1. The molecule has 132 valence electrons. The van der Waals surface area contributed by atoms with Gasteiger partial charge in [0.1, 0.15) is 0 Å². The van der Waals surface area contributed by atoms with Crippen molar-refractivity contribution in [1.82, 2.24) is 9.62 Å². The first-order valence-electron chi connectivity index (χ1n) is 8.09. The van der Waals surface area contributed by atoms with Crippen LogP contribution in [0, 0.1) is 11.8 Å². The lowest BCUT2D eigenvalue weighted by atomic mass is 10.0. The number of nitrogens with one attached hydrogen (secondary N) is 1. The van der Waals surface area contributed by atoms with Gasteiger partial charge in [0.2, 0.25) is 15.9 Å². The standard InChI is InChI=1S/C16H21N3O3S.ClH/c1-11(20)19-5-4-12-6-15(2-3-16(12)19)23(21,22)18-9-13-7-17-8-14(13)10-18;/h2-3,6,13-14,17H,4-5,7-10H2,1H3;1H/t13-,14+;. The van der Waals surface area contributed by atoms with Gasteiger partial charge in [-0.25, -0.2) is 8.42 Å². The molecule has 24 heavy (non-hydrogen) atoms. The Hall–Kier alpha value is -1.15. The van der Waals surface area contributed by atoms with Crippen LogP contribution < -0.4 is 10.2 Å². The summed E-state index contributed by atoms with van der Waals surface area (Å²) in [4.78, 5) is 13.7. The summed E-state index contributed by atoms with van der Waals surface area (Å²) < 4.78 is 27.4. The molecule has 3 aliphatic rings. The highest BCUT2D eigenvalue weighted by Crippen LogP contribution is 2.34. The van der Waals surface area contributed by atoms with E-state index in [1.54, 1.807) is 27.4 Å². The maximum absolute atomic E-state index is 12.9. The van der Waals surface area contributed by atoms with E-state index in [1.807, 2.05) is 0 Å². The highest BCUT2D eigenvalue weighted by molar-refractivity contribution is 7.89. The molecule has 0 unspecified atom stereocenters. The molecule has 2 fully saturated rings. The van der Waals surface area contributed by atoms with Gasteiger partial charge < -0.3 is 10.2 Å². The normalized spacial score (nSPS) is 26.1. The molecule has 2 saturated heterocycles. The molecule has 2 atom stereocenters. The van der Waals surface area contributed by atoms with Crippen molar-refractivity contribution >= 4 is 34.0 Å². The number of sulfonamides is 1. The third kappa shape index (κ3) is 2.73. The number of carbonyl (C=O) groups excluding carboxylic acids is 1. The Morgan fingerprint density at radius 3 is 2.50 bits per heavy atom. The van der Waals surface area contributed by atoms with Crippen molar-refractivity contribution < 1.29 is 13.2 Å². The zero-order valence-electron chi connectivity index (χ0n) is 13.6. The third-order valence-corrected chi connectivity index (χ3v) is 7.15. The molecule has 1 aromatic carbocycles. The Kier molecular flexibility index (Phi) is 4.63. The monoisotopic (exact) mass is 371 g/mol. The lowest BCUT2D eigenvalue weighted by molar-refractivity contribution is -0.116. The summed E-state index contributed by atoms with van der Waals surface area (Å²) in [7, 11) is -3.44. The predicted octanol–water partition coefficient (Wildman–Crippen LogP) is 0.857. The van der Waals surface area contributed by atoms with E-state index in [4.69, 9.17) is 0 Å². The van der Waals surface area contributed by atoms with Gasteiger partial charge in [-0.1, -0.05) is 0 Å². The average molecular weight is 372 g/mol. The van der Waals surface area contributed by atoms with Crippen LogP contribution in [0.1, 0.15) is 12.5 Å². The smallest absolute Gasteiger partial charge is 0.243 e. The zero-order valence-corrected chi connectivity index (χ0v) is 15.2. The summed E-state index contributed by atoms with van der Waals surface area (Å²) in [6, 6.07) is 5.16. The molecular formula is C16H22ClN3O3S. The molecular weight excluding hydrogens is 350 g/mol. The first kappa shape index (κ1) is 17.7. The molecule has 3 heterocycles. The van der Waals surface area contributed by atoms with Gasteiger partial charge >= 0.3 is 0 Å². The molecule has 3 aliphatic heterocycles. The first-order valence-corrected chi connectivity index (χ1v) is 9.53. The summed E-state index contributed by atoms with van der Waals surface area (Å²) in [5.74, 6) is 0.874. The topological polar surface area (TPSA) is 69.7 Å². The number of amides is 1. The minimum Gasteiger partial charge on any atom is -0.316 e. The van der Waals surface area contributed by atoms with Crippen molar-refractivity contribution in [3.63, 3.8) is 0 Å². The number of fused-ring (bicyclic) bond motifs is 2. The Morgan fingerprint density at radius 1 is 1.21 bits per heavy atom. The van der Waals surface area contributed by atoms with Crippen LogP contribution in [0.3, 0.4) is 0 Å². The van der Waals surface area contributed by atoms with Crippen LogP contribution in [-0.2, 0) is 21.2 Å². The van der Waals surface area contributed by atoms with Gasteiger partial charge in [0.25, 0.3) is 0 Å². The van der Waals surface area contributed by atoms with Crippen molar-refractivity contribution in [3.8, 4) is 0 Å². The largest absolute Gasteiger partial charge is 0.316 e. The minimum absolute atomic E-state index is 0. The second kappa shape index (κ2) is 6.29. The van der Waals surface area contributed by atoms with E-state index in [9.17, 15) is 13.2 Å². The molecule has 1 amide bonds. The summed E-state index contributed by atoms with van der Waals surface area (Å²) in [5.41, 5.74) is 1.79. The fraction of sp³-hybridized carbons (Fsp3) is 0.562. The summed E-state index contributed by atoms with van der Waals surface area (Å²) in [6.45, 7) is 5.21. The Morgan fingerprint density at radius 2 is 1.88 bits per heavy atom. The fourth-order valence-electron chi connectivity index (χ4n) is 4.02. The Bertz CT molecular complexity index is 756. The van der Waals surface area contributed by atoms with Gasteiger partial charge in [-0.2, -0.15) is 4.31 Å². The second-order valence-electron chi connectivity index (χ2n) is 6.71. The van der Waals surface area contributed by atoms with Gasteiger partial charge in [-0.3, -0.25) is 4.79 Å². The van der Waals surface area contributed by atoms with E-state index in [-0.39, 0.29) is 18.3 Å². The molecule has 6 nitrogen and oxygen atoms in total. The summed E-state index contributed by atoms with van der Waals surface area (Å²) in [5, 5.41) is 3.33. The van der Waals surface area contributed by atoms with Gasteiger partial charge in [0.15, 0.2) is 0 Å². The quantitative estimate of drug-likeness (QED) is 0.837. The van der Waals surface area contributed by atoms with Crippen molar-refractivity contribution in [2.45, 2.75) is 18.2 Å². The van der Waals surface area contributed by atoms with Gasteiger partial charge in [-0.05, 0) is 55.1 Å². The van der Waals surface area contributed by atoms with Crippen LogP contribution in [0.5, 0.6) is 0 Å². The molecule has 0 aromatic heterocycles. The Balaban J connectivity index is 0.00000169. The number of rotatable bonds is 2. The molecule has 0 radical (unpaired) electrons. The molecule has 1 N–H and O–H groups in total. The lowest BCUT2D eigenvalue weighted by Gasteiger charge is -2.19.